The van der Waals surface area contributed by atoms with E-state index in [2.05, 4.69) is 0 Å². The van der Waals surface area contributed by atoms with Gasteiger partial charge in [-0.2, -0.15) is 0 Å². The van der Waals surface area contributed by atoms with Gasteiger partial charge in [0.15, 0.2) is 6.61 Å². The molecular weight excluding hydrogens is 316 g/mol. The van der Waals surface area contributed by atoms with Crippen LogP contribution in [0.25, 0.3) is 6.08 Å². The summed E-state index contributed by atoms with van der Waals surface area (Å²) < 4.78 is 5.19. The number of amides is 2. The second-order valence-corrected chi connectivity index (χ2v) is 5.69. The molecule has 2 rings (SSSR count). The molecule has 0 fully saturated rings. The van der Waals surface area contributed by atoms with Gasteiger partial charge in [0.1, 0.15) is 5.75 Å². The fraction of sp³-hybridized carbons (Fsp3) is 0.200. The van der Waals surface area contributed by atoms with Crippen LogP contribution in [0.15, 0.2) is 60.7 Å². The van der Waals surface area contributed by atoms with Crippen LogP contribution in [-0.4, -0.2) is 30.4 Å². The molecule has 0 saturated heterocycles. The molecule has 0 bridgehead atoms. The number of ether oxygens (including phenoxy) is 1. The molecule has 1 atom stereocenters. The van der Waals surface area contributed by atoms with Gasteiger partial charge in [-0.25, -0.2) is 0 Å². The maximum Gasteiger partial charge on any atom is 0.255 e. The van der Waals surface area contributed by atoms with Crippen molar-refractivity contribution < 1.29 is 14.3 Å². The van der Waals surface area contributed by atoms with E-state index in [4.69, 9.17) is 10.5 Å². The van der Waals surface area contributed by atoms with Crippen molar-refractivity contribution in [1.82, 2.24) is 4.90 Å². The van der Waals surface area contributed by atoms with E-state index in [1.54, 1.807) is 48.4 Å². The first-order chi connectivity index (χ1) is 12.0. The van der Waals surface area contributed by atoms with Gasteiger partial charge in [0.2, 0.25) is 5.91 Å². The average molecular weight is 338 g/mol. The van der Waals surface area contributed by atoms with Crippen LogP contribution in [0.4, 0.5) is 0 Å². The standard InChI is InChI=1S/C20H22N2O3/c1-15(17-6-4-3-5-7-17)22(2)20(24)13-10-16-8-11-18(12-9-16)25-14-19(21)23/h3-13,15H,14H2,1-2H3,(H2,21,23)/b13-10+/t15-/m1/s1. The molecule has 2 amide bonds. The summed E-state index contributed by atoms with van der Waals surface area (Å²) in [7, 11) is 1.78. The third-order valence-electron chi connectivity index (χ3n) is 3.89. The molecule has 0 aliphatic rings. The van der Waals surface area contributed by atoms with Gasteiger partial charge in [0, 0.05) is 13.1 Å². The number of hydrogen-bond donors (Lipinski definition) is 1. The Morgan fingerprint density at radius 1 is 1.12 bits per heavy atom. The SMILES string of the molecule is C[C@H](c1ccccc1)N(C)C(=O)/C=C/c1ccc(OCC(N)=O)cc1. The molecule has 5 heteroatoms. The first-order valence-corrected chi connectivity index (χ1v) is 7.98. The fourth-order valence-corrected chi connectivity index (χ4v) is 2.26. The molecule has 0 aliphatic carbocycles. The topological polar surface area (TPSA) is 72.6 Å². The zero-order valence-corrected chi connectivity index (χ0v) is 14.4. The van der Waals surface area contributed by atoms with E-state index in [0.717, 1.165) is 11.1 Å². The highest BCUT2D eigenvalue weighted by molar-refractivity contribution is 5.91. The van der Waals surface area contributed by atoms with Crippen LogP contribution < -0.4 is 10.5 Å². The van der Waals surface area contributed by atoms with Crippen LogP contribution in [0.2, 0.25) is 0 Å². The third kappa shape index (κ3) is 5.49. The number of rotatable bonds is 7. The molecule has 5 nitrogen and oxygen atoms in total. The Kier molecular flexibility index (Phi) is 6.34. The summed E-state index contributed by atoms with van der Waals surface area (Å²) in [5.74, 6) is -0.0485. The lowest BCUT2D eigenvalue weighted by atomic mass is 10.1. The molecule has 0 heterocycles. The van der Waals surface area contributed by atoms with E-state index < -0.39 is 5.91 Å². The predicted molar refractivity (Wildman–Crippen MR) is 97.8 cm³/mol. The number of likely N-dealkylation sites (N-methyl/N-ethyl adjacent to an activating group) is 1. The van der Waals surface area contributed by atoms with Crippen molar-refractivity contribution >= 4 is 17.9 Å². The molecule has 2 N–H and O–H groups in total. The summed E-state index contributed by atoms with van der Waals surface area (Å²) in [4.78, 5) is 24.7. The monoisotopic (exact) mass is 338 g/mol. The van der Waals surface area contributed by atoms with Crippen molar-refractivity contribution in [2.24, 2.45) is 5.73 Å². The van der Waals surface area contributed by atoms with Gasteiger partial charge >= 0.3 is 0 Å². The summed E-state index contributed by atoms with van der Waals surface area (Å²) in [6.07, 6.45) is 3.28. The predicted octanol–water partition coefficient (Wildman–Crippen LogP) is 2.78. The van der Waals surface area contributed by atoms with E-state index in [1.165, 1.54) is 0 Å². The van der Waals surface area contributed by atoms with Crippen LogP contribution >= 0.6 is 0 Å². The van der Waals surface area contributed by atoms with Crippen molar-refractivity contribution in [3.05, 3.63) is 71.8 Å². The minimum Gasteiger partial charge on any atom is -0.484 e. The van der Waals surface area contributed by atoms with Crippen molar-refractivity contribution in [3.63, 3.8) is 0 Å². The number of carbonyl (C=O) groups is 2. The summed E-state index contributed by atoms with van der Waals surface area (Å²) in [5, 5.41) is 0. The van der Waals surface area contributed by atoms with Gasteiger partial charge in [0.05, 0.1) is 6.04 Å². The van der Waals surface area contributed by atoms with E-state index in [-0.39, 0.29) is 18.6 Å². The summed E-state index contributed by atoms with van der Waals surface area (Å²) in [6.45, 7) is 1.84. The highest BCUT2D eigenvalue weighted by atomic mass is 16.5. The van der Waals surface area contributed by atoms with Crippen molar-refractivity contribution in [2.45, 2.75) is 13.0 Å². The summed E-state index contributed by atoms with van der Waals surface area (Å²) >= 11 is 0. The summed E-state index contributed by atoms with van der Waals surface area (Å²) in [6, 6.07) is 16.9. The molecule has 25 heavy (non-hydrogen) atoms. The average Bonchev–Trinajstić information content (AvgIpc) is 2.64. The maximum atomic E-state index is 12.3. The van der Waals surface area contributed by atoms with Gasteiger partial charge in [0.25, 0.3) is 5.91 Å². The lowest BCUT2D eigenvalue weighted by Crippen LogP contribution is -2.27. The zero-order valence-electron chi connectivity index (χ0n) is 14.4. The van der Waals surface area contributed by atoms with Crippen LogP contribution in [-0.2, 0) is 9.59 Å². The fourth-order valence-electron chi connectivity index (χ4n) is 2.26. The van der Waals surface area contributed by atoms with E-state index in [1.807, 2.05) is 37.3 Å². The molecule has 0 saturated carbocycles. The minimum atomic E-state index is -0.523. The quantitative estimate of drug-likeness (QED) is 0.789. The molecule has 0 unspecified atom stereocenters. The van der Waals surface area contributed by atoms with Crippen LogP contribution in [0.5, 0.6) is 5.75 Å². The van der Waals surface area contributed by atoms with Crippen molar-refractivity contribution in [3.8, 4) is 5.75 Å². The molecule has 2 aromatic carbocycles. The molecule has 0 spiro atoms. The Balaban J connectivity index is 1.96. The van der Waals surface area contributed by atoms with Gasteiger partial charge in [-0.05, 0) is 36.3 Å². The molecular formula is C20H22N2O3. The number of primary amides is 1. The lowest BCUT2D eigenvalue weighted by molar-refractivity contribution is -0.126. The van der Waals surface area contributed by atoms with E-state index in [0.29, 0.717) is 5.75 Å². The molecule has 0 aliphatic heterocycles. The van der Waals surface area contributed by atoms with Crippen LogP contribution in [0, 0.1) is 0 Å². The van der Waals surface area contributed by atoms with Gasteiger partial charge in [-0.15, -0.1) is 0 Å². The van der Waals surface area contributed by atoms with Crippen molar-refractivity contribution in [2.75, 3.05) is 13.7 Å². The Morgan fingerprint density at radius 2 is 1.76 bits per heavy atom. The Labute approximate surface area is 147 Å². The second-order valence-electron chi connectivity index (χ2n) is 5.69. The van der Waals surface area contributed by atoms with E-state index in [9.17, 15) is 9.59 Å². The van der Waals surface area contributed by atoms with Gasteiger partial charge < -0.3 is 15.4 Å². The largest absolute Gasteiger partial charge is 0.484 e. The molecule has 0 radical (unpaired) electrons. The molecule has 130 valence electrons. The minimum absolute atomic E-state index is 0.0112. The number of nitrogens with zero attached hydrogens (tertiary/aromatic N) is 1. The Morgan fingerprint density at radius 3 is 2.36 bits per heavy atom. The van der Waals surface area contributed by atoms with Gasteiger partial charge in [-0.3, -0.25) is 9.59 Å². The Hall–Kier alpha value is -3.08. The number of carbonyl (C=O) groups excluding carboxylic acids is 2. The third-order valence-corrected chi connectivity index (χ3v) is 3.89. The highest BCUT2D eigenvalue weighted by Gasteiger charge is 2.14. The number of nitrogens with two attached hydrogens (primary N) is 1. The Bertz CT molecular complexity index is 739. The highest BCUT2D eigenvalue weighted by Crippen LogP contribution is 2.19. The molecule has 2 aromatic rings. The second kappa shape index (κ2) is 8.68. The molecule has 0 aromatic heterocycles. The van der Waals surface area contributed by atoms with Crippen molar-refractivity contribution in [1.29, 1.82) is 0 Å². The first kappa shape index (κ1) is 18.3. The number of benzene rings is 2. The lowest BCUT2D eigenvalue weighted by Gasteiger charge is -2.24. The zero-order chi connectivity index (χ0) is 18.2. The van der Waals surface area contributed by atoms with Crippen LogP contribution in [0.1, 0.15) is 24.1 Å². The van der Waals surface area contributed by atoms with Crippen LogP contribution in [0.3, 0.4) is 0 Å². The normalized spacial score (nSPS) is 11.9. The first-order valence-electron chi connectivity index (χ1n) is 7.98. The van der Waals surface area contributed by atoms with E-state index >= 15 is 0 Å². The number of hydrogen-bond acceptors (Lipinski definition) is 3. The maximum absolute atomic E-state index is 12.3. The summed E-state index contributed by atoms with van der Waals surface area (Å²) in [5.41, 5.74) is 6.98. The van der Waals surface area contributed by atoms with Gasteiger partial charge in [-0.1, -0.05) is 42.5 Å². The smallest absolute Gasteiger partial charge is 0.255 e.